The number of carboxylic acids is 1. The summed E-state index contributed by atoms with van der Waals surface area (Å²) < 4.78 is 0. The number of hydrogen-bond donors (Lipinski definition) is 2. The molecule has 1 aromatic heterocycles. The van der Waals surface area contributed by atoms with E-state index in [9.17, 15) is 9.90 Å². The summed E-state index contributed by atoms with van der Waals surface area (Å²) in [6.07, 6.45) is 0.284. The fraction of sp³-hybridized carbons (Fsp3) is 0.400. The molecule has 5 heteroatoms. The highest BCUT2D eigenvalue weighted by molar-refractivity contribution is 5.81. The quantitative estimate of drug-likeness (QED) is 0.877. The van der Waals surface area contributed by atoms with Gasteiger partial charge in [-0.15, -0.1) is 0 Å². The summed E-state index contributed by atoms with van der Waals surface area (Å²) in [4.78, 5) is 16.1. The Hall–Kier alpha value is -2.17. The van der Waals surface area contributed by atoms with Crippen LogP contribution in [0.15, 0.2) is 30.3 Å². The summed E-state index contributed by atoms with van der Waals surface area (Å²) in [6.45, 7) is 5.71. The summed E-state index contributed by atoms with van der Waals surface area (Å²) in [5.41, 5.74) is -0.260. The molecule has 2 N–H and O–H groups in total. The maximum atomic E-state index is 11.7. The van der Waals surface area contributed by atoms with Crippen LogP contribution in [0.1, 0.15) is 43.9 Å². The zero-order valence-corrected chi connectivity index (χ0v) is 11.9. The number of aromatic amines is 1. The van der Waals surface area contributed by atoms with E-state index in [1.807, 2.05) is 44.2 Å². The molecule has 1 unspecified atom stereocenters. The molecular formula is C15H19N3O2. The Labute approximate surface area is 118 Å². The van der Waals surface area contributed by atoms with E-state index in [4.69, 9.17) is 0 Å². The number of nitrogens with zero attached hydrogens (tertiary/aromatic N) is 2. The van der Waals surface area contributed by atoms with E-state index in [1.54, 1.807) is 6.92 Å². The number of carbonyl (C=O) groups is 1. The van der Waals surface area contributed by atoms with Crippen LogP contribution in [-0.4, -0.2) is 26.3 Å². The second-order valence-corrected chi connectivity index (χ2v) is 5.48. The molecule has 0 bridgehead atoms. The number of H-pyrrole nitrogens is 1. The van der Waals surface area contributed by atoms with E-state index in [1.165, 1.54) is 0 Å². The molecule has 0 fully saturated rings. The Balaban J connectivity index is 2.32. The van der Waals surface area contributed by atoms with Crippen LogP contribution in [-0.2, 0) is 16.6 Å². The van der Waals surface area contributed by atoms with Gasteiger partial charge in [-0.3, -0.25) is 9.89 Å². The molecule has 0 radical (unpaired) electrons. The molecule has 20 heavy (non-hydrogen) atoms. The molecule has 1 aromatic carbocycles. The Morgan fingerprint density at radius 1 is 1.35 bits per heavy atom. The fourth-order valence-corrected chi connectivity index (χ4v) is 2.09. The minimum Gasteiger partial charge on any atom is -0.481 e. The van der Waals surface area contributed by atoms with Crippen LogP contribution < -0.4 is 0 Å². The van der Waals surface area contributed by atoms with Crippen LogP contribution >= 0.6 is 0 Å². The van der Waals surface area contributed by atoms with Crippen molar-refractivity contribution in [3.8, 4) is 0 Å². The predicted octanol–water partition coefficient (Wildman–Crippen LogP) is 2.51. The van der Waals surface area contributed by atoms with Gasteiger partial charge in [0.15, 0.2) is 5.82 Å². The smallest absolute Gasteiger partial charge is 0.314 e. The predicted molar refractivity (Wildman–Crippen MR) is 75.6 cm³/mol. The number of hydrogen-bond acceptors (Lipinski definition) is 3. The summed E-state index contributed by atoms with van der Waals surface area (Å²) in [5.74, 6) is 0.655. The topological polar surface area (TPSA) is 78.9 Å². The van der Waals surface area contributed by atoms with Crippen LogP contribution in [0.2, 0.25) is 0 Å². The van der Waals surface area contributed by atoms with Crippen LogP contribution in [0.5, 0.6) is 0 Å². The lowest BCUT2D eigenvalue weighted by Gasteiger charge is -2.24. The molecule has 1 atom stereocenters. The first kappa shape index (κ1) is 14.2. The van der Waals surface area contributed by atoms with Crippen molar-refractivity contribution in [3.05, 3.63) is 47.5 Å². The third kappa shape index (κ3) is 2.71. The Morgan fingerprint density at radius 2 is 2.00 bits per heavy atom. The first-order valence-corrected chi connectivity index (χ1v) is 6.63. The standard InChI is InChI=1S/C15H19N3O2/c1-10(2)13-16-12(17-18-13)9-15(3,14(19)20)11-7-5-4-6-8-11/h4-8,10H,9H2,1-3H3,(H,19,20)(H,16,17,18). The van der Waals surface area contributed by atoms with E-state index in [-0.39, 0.29) is 12.3 Å². The maximum Gasteiger partial charge on any atom is 0.314 e. The van der Waals surface area contributed by atoms with Gasteiger partial charge in [0.2, 0.25) is 0 Å². The van der Waals surface area contributed by atoms with Crippen molar-refractivity contribution in [1.82, 2.24) is 15.2 Å². The zero-order chi connectivity index (χ0) is 14.8. The monoisotopic (exact) mass is 273 g/mol. The third-order valence-corrected chi connectivity index (χ3v) is 3.47. The third-order valence-electron chi connectivity index (χ3n) is 3.47. The van der Waals surface area contributed by atoms with E-state index < -0.39 is 11.4 Å². The van der Waals surface area contributed by atoms with Gasteiger partial charge in [-0.05, 0) is 12.5 Å². The van der Waals surface area contributed by atoms with Crippen molar-refractivity contribution < 1.29 is 9.90 Å². The molecule has 106 valence electrons. The van der Waals surface area contributed by atoms with Crippen LogP contribution in [0.25, 0.3) is 0 Å². The fourth-order valence-electron chi connectivity index (χ4n) is 2.09. The Kier molecular flexibility index (Phi) is 3.88. The molecule has 0 amide bonds. The number of benzene rings is 1. The molecule has 0 aliphatic heterocycles. The normalized spacial score (nSPS) is 14.2. The second kappa shape index (κ2) is 5.45. The van der Waals surface area contributed by atoms with Crippen LogP contribution in [0, 0.1) is 0 Å². The first-order chi connectivity index (χ1) is 9.43. The average molecular weight is 273 g/mol. The molecule has 0 saturated heterocycles. The van der Waals surface area contributed by atoms with Gasteiger partial charge < -0.3 is 5.11 Å². The largest absolute Gasteiger partial charge is 0.481 e. The zero-order valence-electron chi connectivity index (χ0n) is 11.9. The SMILES string of the molecule is CC(C)c1n[nH]c(CC(C)(C(=O)O)c2ccccc2)n1. The highest BCUT2D eigenvalue weighted by Crippen LogP contribution is 2.27. The molecule has 0 saturated carbocycles. The van der Waals surface area contributed by atoms with Gasteiger partial charge in [-0.25, -0.2) is 4.98 Å². The summed E-state index contributed by atoms with van der Waals surface area (Å²) >= 11 is 0. The molecule has 1 heterocycles. The highest BCUT2D eigenvalue weighted by atomic mass is 16.4. The van der Waals surface area contributed by atoms with Gasteiger partial charge in [0.1, 0.15) is 5.82 Å². The molecule has 5 nitrogen and oxygen atoms in total. The van der Waals surface area contributed by atoms with Crippen molar-refractivity contribution in [2.45, 2.75) is 38.5 Å². The first-order valence-electron chi connectivity index (χ1n) is 6.63. The molecule has 2 rings (SSSR count). The lowest BCUT2D eigenvalue weighted by molar-refractivity contribution is -0.143. The molecule has 2 aromatic rings. The molecule has 0 aliphatic carbocycles. The van der Waals surface area contributed by atoms with Crippen molar-refractivity contribution in [3.63, 3.8) is 0 Å². The van der Waals surface area contributed by atoms with E-state index in [2.05, 4.69) is 15.2 Å². The summed E-state index contributed by atoms with van der Waals surface area (Å²) in [6, 6.07) is 9.21. The van der Waals surface area contributed by atoms with E-state index >= 15 is 0 Å². The number of aliphatic carboxylic acids is 1. The number of aromatic nitrogens is 3. The van der Waals surface area contributed by atoms with Crippen molar-refractivity contribution in [2.75, 3.05) is 0 Å². The van der Waals surface area contributed by atoms with Crippen molar-refractivity contribution in [1.29, 1.82) is 0 Å². The van der Waals surface area contributed by atoms with Gasteiger partial charge in [-0.1, -0.05) is 44.2 Å². The van der Waals surface area contributed by atoms with Gasteiger partial charge in [0.25, 0.3) is 0 Å². The number of nitrogens with one attached hydrogen (secondary N) is 1. The van der Waals surface area contributed by atoms with Crippen molar-refractivity contribution in [2.24, 2.45) is 0 Å². The summed E-state index contributed by atoms with van der Waals surface area (Å²) in [7, 11) is 0. The Bertz CT molecular complexity index is 592. The molecule has 0 spiro atoms. The highest BCUT2D eigenvalue weighted by Gasteiger charge is 2.36. The summed E-state index contributed by atoms with van der Waals surface area (Å²) in [5, 5.41) is 16.6. The maximum absolute atomic E-state index is 11.7. The van der Waals surface area contributed by atoms with Gasteiger partial charge in [-0.2, -0.15) is 5.10 Å². The average Bonchev–Trinajstić information content (AvgIpc) is 2.88. The molecule has 0 aliphatic rings. The minimum absolute atomic E-state index is 0.216. The second-order valence-electron chi connectivity index (χ2n) is 5.48. The van der Waals surface area contributed by atoms with Crippen LogP contribution in [0.3, 0.4) is 0 Å². The lowest BCUT2D eigenvalue weighted by Crippen LogP contribution is -2.35. The molecular weight excluding hydrogens is 254 g/mol. The number of carboxylic acid groups (broad SMARTS) is 1. The number of rotatable bonds is 5. The lowest BCUT2D eigenvalue weighted by atomic mass is 9.79. The Morgan fingerprint density at radius 3 is 2.50 bits per heavy atom. The van der Waals surface area contributed by atoms with Gasteiger partial charge in [0, 0.05) is 12.3 Å². The van der Waals surface area contributed by atoms with Crippen molar-refractivity contribution >= 4 is 5.97 Å². The van der Waals surface area contributed by atoms with Gasteiger partial charge >= 0.3 is 5.97 Å². The van der Waals surface area contributed by atoms with E-state index in [0.29, 0.717) is 11.6 Å². The van der Waals surface area contributed by atoms with Crippen LogP contribution in [0.4, 0.5) is 0 Å². The van der Waals surface area contributed by atoms with E-state index in [0.717, 1.165) is 5.56 Å². The van der Waals surface area contributed by atoms with Gasteiger partial charge in [0.05, 0.1) is 5.41 Å². The minimum atomic E-state index is -1.02.